The molecule has 0 unspecified atom stereocenters. The summed E-state index contributed by atoms with van der Waals surface area (Å²) in [6, 6.07) is 12.5. The summed E-state index contributed by atoms with van der Waals surface area (Å²) in [4.78, 5) is 15.0. The zero-order valence-electron chi connectivity index (χ0n) is 13.8. The van der Waals surface area contributed by atoms with E-state index >= 15 is 0 Å². The highest BCUT2D eigenvalue weighted by Gasteiger charge is 2.06. The second-order valence-electron chi connectivity index (χ2n) is 6.17. The quantitative estimate of drug-likeness (QED) is 0.488. The fourth-order valence-electron chi connectivity index (χ4n) is 2.82. The summed E-state index contributed by atoms with van der Waals surface area (Å²) in [5, 5.41) is 0. The van der Waals surface area contributed by atoms with E-state index in [0.29, 0.717) is 6.42 Å². The lowest BCUT2D eigenvalue weighted by atomic mass is 10.0. The fraction of sp³-hybridized carbons (Fsp3) is 0.450. The average Bonchev–Trinajstić information content (AvgIpc) is 2.94. The van der Waals surface area contributed by atoms with Gasteiger partial charge in [0.1, 0.15) is 0 Å². The van der Waals surface area contributed by atoms with Gasteiger partial charge in [0.2, 0.25) is 0 Å². The summed E-state index contributed by atoms with van der Waals surface area (Å²) >= 11 is 0. The summed E-state index contributed by atoms with van der Waals surface area (Å²) in [6.45, 7) is 4.16. The topological polar surface area (TPSA) is 32.9 Å². The Hall–Kier alpha value is -1.83. The van der Waals surface area contributed by atoms with Crippen LogP contribution in [0.25, 0.3) is 0 Å². The molecule has 0 spiro atoms. The van der Waals surface area contributed by atoms with E-state index in [4.69, 9.17) is 0 Å². The van der Waals surface area contributed by atoms with Crippen molar-refractivity contribution in [2.24, 2.45) is 0 Å². The predicted octanol–water partition coefficient (Wildman–Crippen LogP) is 5.40. The van der Waals surface area contributed by atoms with Crippen LogP contribution in [0.5, 0.6) is 0 Å². The van der Waals surface area contributed by atoms with Crippen LogP contribution in [0.3, 0.4) is 0 Å². The van der Waals surface area contributed by atoms with Crippen LogP contribution in [-0.2, 0) is 6.42 Å². The number of nitrogens with one attached hydrogen (secondary N) is 1. The van der Waals surface area contributed by atoms with E-state index in [2.05, 4.69) is 36.2 Å². The van der Waals surface area contributed by atoms with Crippen LogP contribution in [0.15, 0.2) is 36.4 Å². The van der Waals surface area contributed by atoms with Crippen molar-refractivity contribution in [2.45, 2.75) is 58.8 Å². The molecule has 2 rings (SSSR count). The molecule has 1 heterocycles. The van der Waals surface area contributed by atoms with Gasteiger partial charge < -0.3 is 4.98 Å². The molecule has 1 aromatic carbocycles. The van der Waals surface area contributed by atoms with Gasteiger partial charge >= 0.3 is 0 Å². The lowest BCUT2D eigenvalue weighted by Crippen LogP contribution is -1.99. The Bertz CT molecular complexity index is 597. The van der Waals surface area contributed by atoms with Crippen molar-refractivity contribution in [3.63, 3.8) is 0 Å². The van der Waals surface area contributed by atoms with Gasteiger partial charge in [-0.1, -0.05) is 43.5 Å². The average molecular weight is 297 g/mol. The Labute approximate surface area is 134 Å². The normalized spacial score (nSPS) is 10.8. The third kappa shape index (κ3) is 5.18. The van der Waals surface area contributed by atoms with Crippen LogP contribution >= 0.6 is 0 Å². The maximum atomic E-state index is 11.9. The zero-order valence-corrected chi connectivity index (χ0v) is 13.8. The lowest BCUT2D eigenvalue weighted by Gasteiger charge is -2.05. The van der Waals surface area contributed by atoms with E-state index in [1.807, 2.05) is 19.1 Å². The maximum Gasteiger partial charge on any atom is 0.179 e. The first kappa shape index (κ1) is 16.5. The lowest BCUT2D eigenvalue weighted by molar-refractivity contribution is 0.0974. The Kier molecular flexibility index (Phi) is 6.45. The fourth-order valence-corrected chi connectivity index (χ4v) is 2.82. The molecule has 0 bridgehead atoms. The van der Waals surface area contributed by atoms with Crippen LogP contribution in [0.1, 0.15) is 65.8 Å². The first-order valence-corrected chi connectivity index (χ1v) is 8.40. The Morgan fingerprint density at radius 1 is 0.909 bits per heavy atom. The van der Waals surface area contributed by atoms with Gasteiger partial charge in [-0.05, 0) is 56.4 Å². The maximum absolute atomic E-state index is 11.9. The number of rotatable bonds is 9. The van der Waals surface area contributed by atoms with E-state index < -0.39 is 0 Å². The number of aromatic nitrogens is 1. The molecule has 2 heteroatoms. The van der Waals surface area contributed by atoms with Gasteiger partial charge in [0.25, 0.3) is 0 Å². The molecule has 0 fully saturated rings. The molecule has 0 saturated carbocycles. The molecule has 118 valence electrons. The molecule has 0 aliphatic carbocycles. The van der Waals surface area contributed by atoms with Gasteiger partial charge in [-0.25, -0.2) is 0 Å². The number of carbonyl (C=O) groups excluding carboxylic acids is 1. The standard InChI is InChI=1S/C20H27NO/c1-16-10-8-9-12-18(16)11-6-4-3-5-7-13-20(22)19-15-14-17(2)21-19/h8-10,12,14-15,21H,3-7,11,13H2,1-2H3. The number of aromatic amines is 1. The Morgan fingerprint density at radius 2 is 1.64 bits per heavy atom. The number of Topliss-reactive ketones (excluding diaryl/α,β-unsaturated/α-hetero) is 1. The number of carbonyl (C=O) groups is 1. The van der Waals surface area contributed by atoms with E-state index in [1.54, 1.807) is 0 Å². The molecular formula is C20H27NO. The molecule has 0 radical (unpaired) electrons. The summed E-state index contributed by atoms with van der Waals surface area (Å²) in [6.07, 6.45) is 7.72. The van der Waals surface area contributed by atoms with Crippen molar-refractivity contribution < 1.29 is 4.79 Å². The molecule has 0 saturated heterocycles. The van der Waals surface area contributed by atoms with Gasteiger partial charge in [-0.3, -0.25) is 4.79 Å². The second kappa shape index (κ2) is 8.57. The SMILES string of the molecule is Cc1ccc(C(=O)CCCCCCCc2ccccc2C)[nH]1. The number of benzene rings is 1. The third-order valence-electron chi connectivity index (χ3n) is 4.24. The molecule has 0 amide bonds. The van der Waals surface area contributed by atoms with Gasteiger partial charge in [-0.2, -0.15) is 0 Å². The Morgan fingerprint density at radius 3 is 2.36 bits per heavy atom. The number of H-pyrrole nitrogens is 1. The smallest absolute Gasteiger partial charge is 0.179 e. The van der Waals surface area contributed by atoms with E-state index in [0.717, 1.165) is 24.2 Å². The van der Waals surface area contributed by atoms with Crippen molar-refractivity contribution in [1.82, 2.24) is 4.98 Å². The highest BCUT2D eigenvalue weighted by Crippen LogP contribution is 2.14. The predicted molar refractivity (Wildman–Crippen MR) is 92.4 cm³/mol. The minimum absolute atomic E-state index is 0.244. The van der Waals surface area contributed by atoms with Gasteiger partial charge in [0.15, 0.2) is 5.78 Å². The summed E-state index contributed by atoms with van der Waals surface area (Å²) < 4.78 is 0. The number of hydrogen-bond donors (Lipinski definition) is 1. The van der Waals surface area contributed by atoms with Crippen LogP contribution in [0.2, 0.25) is 0 Å². The summed E-state index contributed by atoms with van der Waals surface area (Å²) in [5.74, 6) is 0.244. The number of ketones is 1. The monoisotopic (exact) mass is 297 g/mol. The van der Waals surface area contributed by atoms with E-state index in [1.165, 1.54) is 36.8 Å². The van der Waals surface area contributed by atoms with E-state index in [-0.39, 0.29) is 5.78 Å². The van der Waals surface area contributed by atoms with Crippen molar-refractivity contribution in [3.05, 3.63) is 58.9 Å². The molecule has 0 aliphatic heterocycles. The number of hydrogen-bond acceptors (Lipinski definition) is 1. The molecular weight excluding hydrogens is 270 g/mol. The third-order valence-corrected chi connectivity index (χ3v) is 4.24. The number of unbranched alkanes of at least 4 members (excludes halogenated alkanes) is 4. The molecule has 0 aliphatic rings. The van der Waals surface area contributed by atoms with Crippen LogP contribution < -0.4 is 0 Å². The van der Waals surface area contributed by atoms with E-state index in [9.17, 15) is 4.79 Å². The first-order chi connectivity index (χ1) is 10.7. The second-order valence-corrected chi connectivity index (χ2v) is 6.17. The molecule has 2 aromatic rings. The first-order valence-electron chi connectivity index (χ1n) is 8.40. The molecule has 1 aromatic heterocycles. The minimum atomic E-state index is 0.244. The van der Waals surface area contributed by atoms with Crippen LogP contribution in [-0.4, -0.2) is 10.8 Å². The highest BCUT2D eigenvalue weighted by molar-refractivity contribution is 5.94. The Balaban J connectivity index is 1.54. The molecule has 2 nitrogen and oxygen atoms in total. The van der Waals surface area contributed by atoms with Crippen molar-refractivity contribution >= 4 is 5.78 Å². The summed E-state index contributed by atoms with van der Waals surface area (Å²) in [7, 11) is 0. The van der Waals surface area contributed by atoms with Crippen molar-refractivity contribution in [2.75, 3.05) is 0 Å². The van der Waals surface area contributed by atoms with Crippen molar-refractivity contribution in [3.8, 4) is 0 Å². The highest BCUT2D eigenvalue weighted by atomic mass is 16.1. The van der Waals surface area contributed by atoms with Gasteiger partial charge in [0, 0.05) is 12.1 Å². The van der Waals surface area contributed by atoms with Crippen LogP contribution in [0.4, 0.5) is 0 Å². The van der Waals surface area contributed by atoms with Crippen molar-refractivity contribution in [1.29, 1.82) is 0 Å². The van der Waals surface area contributed by atoms with Crippen LogP contribution in [0, 0.1) is 13.8 Å². The molecule has 0 atom stereocenters. The molecule has 1 N–H and O–H groups in total. The zero-order chi connectivity index (χ0) is 15.8. The number of aryl methyl sites for hydroxylation is 3. The largest absolute Gasteiger partial charge is 0.356 e. The van der Waals surface area contributed by atoms with Gasteiger partial charge in [-0.15, -0.1) is 0 Å². The molecule has 22 heavy (non-hydrogen) atoms. The van der Waals surface area contributed by atoms with Gasteiger partial charge in [0.05, 0.1) is 5.69 Å². The minimum Gasteiger partial charge on any atom is -0.356 e. The summed E-state index contributed by atoms with van der Waals surface area (Å²) in [5.41, 5.74) is 4.69.